The first-order valence-corrected chi connectivity index (χ1v) is 22.3. The molecule has 0 fully saturated rings. The zero-order valence-corrected chi connectivity index (χ0v) is 39.5. The maximum Gasteiger partial charge on any atom is 0.328 e. The highest BCUT2D eigenvalue weighted by atomic mass is 16.4. The number of aromatic amines is 1. The molecule has 0 unspecified atom stereocenters. The molecule has 0 aliphatic carbocycles. The van der Waals surface area contributed by atoms with Gasteiger partial charge in [-0.1, -0.05) is 45.9 Å². The summed E-state index contributed by atoms with van der Waals surface area (Å²) < 4.78 is 0. The Morgan fingerprint density at radius 1 is 0.565 bits per heavy atom. The molecule has 9 amide bonds. The minimum absolute atomic E-state index is 0.0542. The van der Waals surface area contributed by atoms with E-state index in [9.17, 15) is 68.1 Å². The number of benzene rings is 1. The Hall–Kier alpha value is -7.15. The monoisotopic (exact) mass is 973 g/mol. The summed E-state index contributed by atoms with van der Waals surface area (Å²) in [5, 5.41) is 46.9. The van der Waals surface area contributed by atoms with Crippen LogP contribution in [0.25, 0.3) is 10.9 Å². The smallest absolute Gasteiger partial charge is 0.328 e. The normalized spacial score (nSPS) is 15.2. The fourth-order valence-electron chi connectivity index (χ4n) is 6.95. The van der Waals surface area contributed by atoms with Gasteiger partial charge in [-0.15, -0.1) is 0 Å². The molecule has 17 N–H and O–H groups in total. The van der Waals surface area contributed by atoms with Crippen molar-refractivity contribution in [3.05, 3.63) is 36.0 Å². The van der Waals surface area contributed by atoms with Crippen molar-refractivity contribution in [1.29, 1.82) is 0 Å². The van der Waals surface area contributed by atoms with Crippen LogP contribution in [0.1, 0.15) is 92.1 Å². The van der Waals surface area contributed by atoms with Crippen LogP contribution in [0.15, 0.2) is 30.5 Å². The number of para-hydroxylation sites is 1. The Bertz CT molecular complexity index is 2180. The van der Waals surface area contributed by atoms with Crippen molar-refractivity contribution in [2.24, 2.45) is 29.0 Å². The third kappa shape index (κ3) is 19.9. The number of nitrogens with two attached hydrogens (primary N) is 3. The van der Waals surface area contributed by atoms with E-state index in [0.717, 1.165) is 6.92 Å². The van der Waals surface area contributed by atoms with Gasteiger partial charge in [-0.3, -0.25) is 47.9 Å². The molecule has 69 heavy (non-hydrogen) atoms. The summed E-state index contributed by atoms with van der Waals surface area (Å²) in [5.41, 5.74) is 17.5. The molecule has 0 saturated heterocycles. The van der Waals surface area contributed by atoms with E-state index in [4.69, 9.17) is 17.2 Å². The minimum Gasteiger partial charge on any atom is -0.481 e. The van der Waals surface area contributed by atoms with E-state index in [1.54, 1.807) is 58.2 Å². The first-order valence-electron chi connectivity index (χ1n) is 22.3. The number of hydrogen-bond donors (Lipinski definition) is 14. The van der Waals surface area contributed by atoms with Gasteiger partial charge in [0.1, 0.15) is 36.3 Å². The van der Waals surface area contributed by atoms with Gasteiger partial charge in [0.15, 0.2) is 6.04 Å². The van der Waals surface area contributed by atoms with Gasteiger partial charge in [-0.05, 0) is 63.0 Å². The number of fused-ring (bicyclic) bond motifs is 1. The van der Waals surface area contributed by atoms with Gasteiger partial charge < -0.3 is 74.7 Å². The molecule has 25 heteroatoms. The van der Waals surface area contributed by atoms with Crippen LogP contribution in [0.2, 0.25) is 0 Å². The summed E-state index contributed by atoms with van der Waals surface area (Å²) in [6.07, 6.45) is -2.95. The highest BCUT2D eigenvalue weighted by Gasteiger charge is 2.36. The standard InChI is InChI=1S/C44H67N11O14/c1-20(2)15-29(52-42(66)32(18-34(47)58)54-38(62)27(11-13-33(46)57)49-37(61)22(5)45)40(64)50-28(12-14-35(59)60)39(63)51-30(16-21(3)4)41(65)53-31(43(67)55-36(23(6)56)44(68)69)17-24-19-48-26-10-8-7-9-25(24)26/h7-10,19-23,27-32,36,48,56H,11-18,45H2,1-6H3,(H2,46,57)(H2,47,58)(H,49,61)(H,50,64)(H,51,63)(H,52,66)(H,53,65)(H,54,62)(H,55,67)(H,59,60)(H,68,69)/t22-,23+,27-,28-,29-,30-,31-,32-,36-/m0/s1. The van der Waals surface area contributed by atoms with Crippen molar-refractivity contribution in [2.75, 3.05) is 0 Å². The van der Waals surface area contributed by atoms with Crippen molar-refractivity contribution in [2.45, 2.75) is 147 Å². The number of H-pyrrole nitrogens is 1. The Labute approximate surface area is 397 Å². The maximum absolute atomic E-state index is 14.1. The number of aromatic nitrogens is 1. The number of amides is 9. The van der Waals surface area contributed by atoms with Gasteiger partial charge in [0.2, 0.25) is 53.2 Å². The summed E-state index contributed by atoms with van der Waals surface area (Å²) in [7, 11) is 0. The first kappa shape index (κ1) is 58.0. The van der Waals surface area contributed by atoms with E-state index < -0.39 is 139 Å². The number of carbonyl (C=O) groups is 11. The average Bonchev–Trinajstić information content (AvgIpc) is 3.65. The lowest BCUT2D eigenvalue weighted by molar-refractivity contribution is -0.145. The second-order valence-electron chi connectivity index (χ2n) is 17.7. The van der Waals surface area contributed by atoms with E-state index in [0.29, 0.717) is 16.5 Å². The molecule has 0 aliphatic heterocycles. The number of carboxylic acid groups (broad SMARTS) is 2. The molecule has 382 valence electrons. The summed E-state index contributed by atoms with van der Waals surface area (Å²) in [5.74, 6) is -12.3. The molecule has 2 aromatic rings. The molecule has 0 saturated carbocycles. The van der Waals surface area contributed by atoms with Crippen molar-refractivity contribution in [3.8, 4) is 0 Å². The van der Waals surface area contributed by atoms with Crippen LogP contribution in [0, 0.1) is 11.8 Å². The van der Waals surface area contributed by atoms with Gasteiger partial charge in [-0.2, -0.15) is 0 Å². The Morgan fingerprint density at radius 3 is 1.46 bits per heavy atom. The van der Waals surface area contributed by atoms with Crippen LogP contribution in [-0.4, -0.2) is 140 Å². The minimum atomic E-state index is -1.76. The quantitative estimate of drug-likeness (QED) is 0.0371. The van der Waals surface area contributed by atoms with E-state index in [-0.39, 0.29) is 43.9 Å². The maximum atomic E-state index is 14.1. The topological polar surface area (TPSA) is 427 Å². The Morgan fingerprint density at radius 2 is 1.00 bits per heavy atom. The fourth-order valence-corrected chi connectivity index (χ4v) is 6.95. The van der Waals surface area contributed by atoms with Crippen molar-refractivity contribution in [1.82, 2.24) is 42.2 Å². The number of carbonyl (C=O) groups excluding carboxylic acids is 9. The summed E-state index contributed by atoms with van der Waals surface area (Å²) in [6.45, 7) is 9.28. The molecule has 2 rings (SSSR count). The van der Waals surface area contributed by atoms with Gasteiger partial charge in [0.05, 0.1) is 18.6 Å². The highest BCUT2D eigenvalue weighted by Crippen LogP contribution is 2.20. The summed E-state index contributed by atoms with van der Waals surface area (Å²) in [6, 6.07) is -5.04. The average molecular weight is 974 g/mol. The molecule has 1 aromatic carbocycles. The number of aliphatic hydroxyl groups excluding tert-OH is 1. The second-order valence-corrected chi connectivity index (χ2v) is 17.7. The zero-order chi connectivity index (χ0) is 52.3. The Kier molecular flexibility index (Phi) is 23.2. The predicted molar refractivity (Wildman–Crippen MR) is 247 cm³/mol. The number of rotatable bonds is 30. The SMILES string of the molecule is CC(C)C[C@H](NC(=O)[C@H](CC(N)=O)NC(=O)[C@H](CCC(N)=O)NC(=O)[C@H](C)N)C(=O)N[C@@H](CCC(=O)O)C(=O)N[C@@H](CC(C)C)C(=O)N[C@@H](Cc1c[nH]c2ccccc12)C(=O)N[C@H](C(=O)O)[C@@H](C)O. The van der Waals surface area contributed by atoms with Crippen LogP contribution < -0.4 is 54.4 Å². The van der Waals surface area contributed by atoms with Crippen LogP contribution in [0.4, 0.5) is 0 Å². The highest BCUT2D eigenvalue weighted by molar-refractivity contribution is 5.99. The van der Waals surface area contributed by atoms with E-state index in [1.807, 2.05) is 0 Å². The first-order chi connectivity index (χ1) is 32.2. The van der Waals surface area contributed by atoms with E-state index >= 15 is 0 Å². The van der Waals surface area contributed by atoms with Crippen LogP contribution in [-0.2, 0) is 59.2 Å². The van der Waals surface area contributed by atoms with Crippen LogP contribution in [0.3, 0.4) is 0 Å². The number of carboxylic acids is 2. The summed E-state index contributed by atoms with van der Waals surface area (Å²) in [4.78, 5) is 146. The molecule has 0 radical (unpaired) electrons. The third-order valence-corrected chi connectivity index (χ3v) is 10.5. The molecule has 1 heterocycles. The van der Waals surface area contributed by atoms with Crippen LogP contribution >= 0.6 is 0 Å². The number of nitrogens with one attached hydrogen (secondary N) is 8. The van der Waals surface area contributed by atoms with E-state index in [1.165, 1.54) is 6.92 Å². The molecule has 0 aliphatic rings. The molecule has 0 bridgehead atoms. The fraction of sp³-hybridized carbons (Fsp3) is 0.568. The lowest BCUT2D eigenvalue weighted by atomic mass is 9.99. The molecular formula is C44H67N11O14. The van der Waals surface area contributed by atoms with Crippen molar-refractivity contribution >= 4 is 76.0 Å². The number of primary amides is 2. The van der Waals surface area contributed by atoms with Crippen LogP contribution in [0.5, 0.6) is 0 Å². The number of hydrogen-bond acceptors (Lipinski definition) is 13. The second kappa shape index (κ2) is 27.6. The molecule has 9 atom stereocenters. The third-order valence-electron chi connectivity index (χ3n) is 10.5. The molecule has 0 spiro atoms. The van der Waals surface area contributed by atoms with Gasteiger partial charge in [0.25, 0.3) is 0 Å². The molecular weight excluding hydrogens is 907 g/mol. The lowest BCUT2D eigenvalue weighted by Crippen LogP contribution is -2.61. The number of aliphatic carboxylic acids is 2. The van der Waals surface area contributed by atoms with Crippen molar-refractivity contribution < 1.29 is 68.1 Å². The van der Waals surface area contributed by atoms with Gasteiger partial charge in [0, 0.05) is 36.4 Å². The zero-order valence-electron chi connectivity index (χ0n) is 39.5. The van der Waals surface area contributed by atoms with E-state index in [2.05, 4.69) is 42.2 Å². The van der Waals surface area contributed by atoms with Crippen molar-refractivity contribution in [3.63, 3.8) is 0 Å². The largest absolute Gasteiger partial charge is 0.481 e. The molecule has 1 aromatic heterocycles. The lowest BCUT2D eigenvalue weighted by Gasteiger charge is -2.28. The predicted octanol–water partition coefficient (Wildman–Crippen LogP) is -2.99. The number of aliphatic hydroxyl groups is 1. The summed E-state index contributed by atoms with van der Waals surface area (Å²) >= 11 is 0. The van der Waals surface area contributed by atoms with Gasteiger partial charge >= 0.3 is 11.9 Å². The molecule has 25 nitrogen and oxygen atoms in total. The Balaban J connectivity index is 2.46. The van der Waals surface area contributed by atoms with Gasteiger partial charge in [-0.25, -0.2) is 4.79 Å².